The summed E-state index contributed by atoms with van der Waals surface area (Å²) >= 11 is 0. The molecule has 0 amide bonds. The zero-order valence-corrected chi connectivity index (χ0v) is 13.0. The van der Waals surface area contributed by atoms with Gasteiger partial charge in [0.1, 0.15) is 0 Å². The highest BCUT2D eigenvalue weighted by atomic mass is 15.2. The molecule has 0 unspecified atom stereocenters. The first-order valence-corrected chi connectivity index (χ1v) is 7.64. The topological polar surface area (TPSA) is 49.3 Å². The molecule has 0 aliphatic rings. The van der Waals surface area contributed by atoms with Crippen LogP contribution in [0.3, 0.4) is 0 Å². The summed E-state index contributed by atoms with van der Waals surface area (Å²) < 4.78 is 0. The van der Waals surface area contributed by atoms with Gasteiger partial charge in [-0.1, -0.05) is 19.9 Å². The predicted molar refractivity (Wildman–Crippen MR) is 86.0 cm³/mol. The lowest BCUT2D eigenvalue weighted by Gasteiger charge is -2.11. The second-order valence-corrected chi connectivity index (χ2v) is 5.29. The molecule has 0 bridgehead atoms. The number of nitrogens with one attached hydrogen (secondary N) is 2. The van der Waals surface area contributed by atoms with Crippen LogP contribution >= 0.6 is 0 Å². The summed E-state index contributed by atoms with van der Waals surface area (Å²) in [4.78, 5) is 8.91. The van der Waals surface area contributed by atoms with Gasteiger partial charge >= 0.3 is 0 Å². The van der Waals surface area contributed by atoms with E-state index in [9.17, 15) is 0 Å². The van der Waals surface area contributed by atoms with Gasteiger partial charge in [-0.3, -0.25) is 9.98 Å². The van der Waals surface area contributed by atoms with Crippen molar-refractivity contribution in [3.8, 4) is 0 Å². The molecule has 1 heterocycles. The SMILES string of the molecule is CCNC(=NCCCC(C)C)NCCc1ccccn1. The van der Waals surface area contributed by atoms with Crippen molar-refractivity contribution in [2.24, 2.45) is 10.9 Å². The molecule has 1 rings (SSSR count). The van der Waals surface area contributed by atoms with E-state index in [-0.39, 0.29) is 0 Å². The van der Waals surface area contributed by atoms with Crippen LogP contribution in [0.5, 0.6) is 0 Å². The second kappa shape index (κ2) is 10.2. The van der Waals surface area contributed by atoms with E-state index < -0.39 is 0 Å². The zero-order valence-electron chi connectivity index (χ0n) is 13.0. The molecule has 0 aliphatic carbocycles. The first-order chi connectivity index (χ1) is 9.72. The van der Waals surface area contributed by atoms with Crippen LogP contribution < -0.4 is 10.6 Å². The van der Waals surface area contributed by atoms with Gasteiger partial charge in [-0.15, -0.1) is 0 Å². The Kier molecular flexibility index (Phi) is 8.43. The maximum atomic E-state index is 4.59. The Hall–Kier alpha value is -1.58. The molecular weight excluding hydrogens is 248 g/mol. The molecule has 0 aromatic carbocycles. The van der Waals surface area contributed by atoms with Gasteiger partial charge in [0.05, 0.1) is 0 Å². The van der Waals surface area contributed by atoms with Gasteiger partial charge in [-0.2, -0.15) is 0 Å². The number of hydrogen-bond donors (Lipinski definition) is 2. The van der Waals surface area contributed by atoms with Crippen LogP contribution in [0.25, 0.3) is 0 Å². The van der Waals surface area contributed by atoms with E-state index >= 15 is 0 Å². The molecular formula is C16H28N4. The third-order valence-corrected chi connectivity index (χ3v) is 2.95. The number of aliphatic imine (C=N–C) groups is 1. The lowest BCUT2D eigenvalue weighted by Crippen LogP contribution is -2.38. The second-order valence-electron chi connectivity index (χ2n) is 5.29. The average Bonchev–Trinajstić information content (AvgIpc) is 2.44. The van der Waals surface area contributed by atoms with Crippen LogP contribution in [0.4, 0.5) is 0 Å². The Morgan fingerprint density at radius 1 is 1.30 bits per heavy atom. The Balaban J connectivity index is 2.29. The van der Waals surface area contributed by atoms with Crippen molar-refractivity contribution < 1.29 is 0 Å². The summed E-state index contributed by atoms with van der Waals surface area (Å²) in [5.74, 6) is 1.66. The highest BCUT2D eigenvalue weighted by molar-refractivity contribution is 5.79. The van der Waals surface area contributed by atoms with E-state index in [1.54, 1.807) is 0 Å². The first kappa shape index (κ1) is 16.5. The quantitative estimate of drug-likeness (QED) is 0.436. The lowest BCUT2D eigenvalue weighted by molar-refractivity contribution is 0.560. The molecule has 4 heteroatoms. The van der Waals surface area contributed by atoms with E-state index in [0.717, 1.165) is 50.0 Å². The van der Waals surface area contributed by atoms with Crippen molar-refractivity contribution >= 4 is 5.96 Å². The minimum absolute atomic E-state index is 0.755. The molecule has 0 spiro atoms. The molecule has 0 aliphatic heterocycles. The lowest BCUT2D eigenvalue weighted by atomic mass is 10.1. The van der Waals surface area contributed by atoms with Crippen LogP contribution in [0.15, 0.2) is 29.4 Å². The molecule has 0 radical (unpaired) electrons. The summed E-state index contributed by atoms with van der Waals surface area (Å²) in [6.07, 6.45) is 5.13. The number of pyridine rings is 1. The van der Waals surface area contributed by atoms with Crippen molar-refractivity contribution in [3.05, 3.63) is 30.1 Å². The molecule has 4 nitrogen and oxygen atoms in total. The Bertz CT molecular complexity index is 373. The smallest absolute Gasteiger partial charge is 0.191 e. The maximum absolute atomic E-state index is 4.59. The normalized spacial score (nSPS) is 11.7. The molecule has 0 saturated heterocycles. The number of nitrogens with zero attached hydrogens (tertiary/aromatic N) is 2. The average molecular weight is 276 g/mol. The minimum Gasteiger partial charge on any atom is -0.357 e. The van der Waals surface area contributed by atoms with Crippen molar-refractivity contribution in [2.75, 3.05) is 19.6 Å². The van der Waals surface area contributed by atoms with Gasteiger partial charge in [-0.25, -0.2) is 0 Å². The van der Waals surface area contributed by atoms with Crippen molar-refractivity contribution in [3.63, 3.8) is 0 Å². The van der Waals surface area contributed by atoms with Crippen molar-refractivity contribution in [1.82, 2.24) is 15.6 Å². The molecule has 112 valence electrons. The van der Waals surface area contributed by atoms with E-state index in [1.807, 2.05) is 24.4 Å². The van der Waals surface area contributed by atoms with Crippen molar-refractivity contribution in [1.29, 1.82) is 0 Å². The summed E-state index contributed by atoms with van der Waals surface area (Å²) in [5, 5.41) is 6.63. The fraction of sp³-hybridized carbons (Fsp3) is 0.625. The summed E-state index contributed by atoms with van der Waals surface area (Å²) in [6, 6.07) is 6.01. The third kappa shape index (κ3) is 7.77. The molecule has 0 atom stereocenters. The van der Waals surface area contributed by atoms with Crippen LogP contribution in [-0.4, -0.2) is 30.6 Å². The summed E-state index contributed by atoms with van der Waals surface area (Å²) in [7, 11) is 0. The van der Waals surface area contributed by atoms with Crippen LogP contribution in [-0.2, 0) is 6.42 Å². The Morgan fingerprint density at radius 2 is 2.15 bits per heavy atom. The summed E-state index contributed by atoms with van der Waals surface area (Å²) in [6.45, 7) is 9.22. The van der Waals surface area contributed by atoms with Crippen LogP contribution in [0, 0.1) is 5.92 Å². The largest absolute Gasteiger partial charge is 0.357 e. The van der Waals surface area contributed by atoms with E-state index in [2.05, 4.69) is 41.4 Å². The van der Waals surface area contributed by atoms with Gasteiger partial charge in [0.25, 0.3) is 0 Å². The zero-order chi connectivity index (χ0) is 14.6. The van der Waals surface area contributed by atoms with Crippen LogP contribution in [0.1, 0.15) is 39.3 Å². The molecule has 0 fully saturated rings. The Morgan fingerprint density at radius 3 is 2.80 bits per heavy atom. The molecule has 2 N–H and O–H groups in total. The van der Waals surface area contributed by atoms with E-state index in [1.165, 1.54) is 6.42 Å². The van der Waals surface area contributed by atoms with Crippen molar-refractivity contribution in [2.45, 2.75) is 40.0 Å². The first-order valence-electron chi connectivity index (χ1n) is 7.64. The highest BCUT2D eigenvalue weighted by Crippen LogP contribution is 2.02. The molecule has 0 saturated carbocycles. The van der Waals surface area contributed by atoms with Gasteiger partial charge < -0.3 is 10.6 Å². The number of rotatable bonds is 8. The molecule has 1 aromatic rings. The van der Waals surface area contributed by atoms with Gasteiger partial charge in [-0.05, 0) is 37.8 Å². The fourth-order valence-electron chi connectivity index (χ4n) is 1.89. The standard InChI is InChI=1S/C16H28N4/c1-4-17-16(19-12-7-8-14(2)3)20-13-10-15-9-5-6-11-18-15/h5-6,9,11,14H,4,7-8,10,12-13H2,1-3H3,(H2,17,19,20). The number of guanidine groups is 1. The highest BCUT2D eigenvalue weighted by Gasteiger charge is 1.98. The molecule has 20 heavy (non-hydrogen) atoms. The predicted octanol–water partition coefficient (Wildman–Crippen LogP) is 2.62. The third-order valence-electron chi connectivity index (χ3n) is 2.95. The van der Waals surface area contributed by atoms with E-state index in [0.29, 0.717) is 0 Å². The van der Waals surface area contributed by atoms with Gasteiger partial charge in [0.15, 0.2) is 5.96 Å². The number of hydrogen-bond acceptors (Lipinski definition) is 2. The fourth-order valence-corrected chi connectivity index (χ4v) is 1.89. The maximum Gasteiger partial charge on any atom is 0.191 e. The van der Waals surface area contributed by atoms with E-state index in [4.69, 9.17) is 0 Å². The van der Waals surface area contributed by atoms with Gasteiger partial charge in [0.2, 0.25) is 0 Å². The summed E-state index contributed by atoms with van der Waals surface area (Å²) in [5.41, 5.74) is 1.11. The van der Waals surface area contributed by atoms with Gasteiger partial charge in [0, 0.05) is 37.9 Å². The van der Waals surface area contributed by atoms with Crippen LogP contribution in [0.2, 0.25) is 0 Å². The molecule has 1 aromatic heterocycles. The number of aromatic nitrogens is 1. The minimum atomic E-state index is 0.755. The Labute approximate surface area is 123 Å². The monoisotopic (exact) mass is 276 g/mol.